The number of urea groups is 1. The summed E-state index contributed by atoms with van der Waals surface area (Å²) < 4.78 is 4.47. The van der Waals surface area contributed by atoms with E-state index in [2.05, 4.69) is 10.1 Å². The van der Waals surface area contributed by atoms with Crippen molar-refractivity contribution in [1.29, 1.82) is 0 Å². The van der Waals surface area contributed by atoms with Crippen molar-refractivity contribution in [2.24, 2.45) is 0 Å². The molecule has 0 spiro atoms. The van der Waals surface area contributed by atoms with Crippen molar-refractivity contribution in [2.45, 2.75) is 32.2 Å². The highest BCUT2D eigenvalue weighted by Gasteiger charge is 2.29. The summed E-state index contributed by atoms with van der Waals surface area (Å²) in [7, 11) is 2.83. The lowest BCUT2D eigenvalue weighted by Crippen LogP contribution is -2.53. The number of carboxylic acid groups (broad SMARTS) is 1. The molecule has 0 saturated carbocycles. The number of esters is 1. The Balaban J connectivity index is 4.12. The number of hydrogen-bond acceptors (Lipinski definition) is 4. The van der Waals surface area contributed by atoms with Crippen LogP contribution in [0, 0.1) is 0 Å². The number of rotatable bonds is 6. The molecule has 7 nitrogen and oxygen atoms in total. The van der Waals surface area contributed by atoms with E-state index in [1.807, 2.05) is 0 Å². The minimum atomic E-state index is -1.33. The van der Waals surface area contributed by atoms with E-state index in [-0.39, 0.29) is 12.4 Å². The van der Waals surface area contributed by atoms with Gasteiger partial charge in [0, 0.05) is 20.0 Å². The van der Waals surface area contributed by atoms with Gasteiger partial charge in [0.25, 0.3) is 0 Å². The van der Waals surface area contributed by atoms with Crippen molar-refractivity contribution in [3.05, 3.63) is 0 Å². The number of carbonyl (C=O) groups is 3. The Morgan fingerprint density at radius 1 is 1.33 bits per heavy atom. The minimum absolute atomic E-state index is 0.219. The first-order chi connectivity index (χ1) is 8.20. The van der Waals surface area contributed by atoms with E-state index in [1.54, 1.807) is 0 Å². The quantitative estimate of drug-likeness (QED) is 0.676. The van der Waals surface area contributed by atoms with Gasteiger partial charge in [-0.05, 0) is 20.3 Å². The first-order valence-electron chi connectivity index (χ1n) is 5.54. The molecule has 0 aliphatic heterocycles. The van der Waals surface area contributed by atoms with Gasteiger partial charge in [-0.2, -0.15) is 0 Å². The summed E-state index contributed by atoms with van der Waals surface area (Å²) in [6.07, 6.45) is 0.681. The average Bonchev–Trinajstić information content (AvgIpc) is 2.27. The number of carbonyl (C=O) groups excluding carboxylic acids is 2. The summed E-state index contributed by atoms with van der Waals surface area (Å²) in [5.74, 6) is -1.45. The van der Waals surface area contributed by atoms with E-state index >= 15 is 0 Å². The van der Waals surface area contributed by atoms with E-state index in [0.29, 0.717) is 13.0 Å². The zero-order valence-corrected chi connectivity index (χ0v) is 11.1. The van der Waals surface area contributed by atoms with Gasteiger partial charge in [0.05, 0.1) is 7.11 Å². The lowest BCUT2D eigenvalue weighted by Gasteiger charge is -2.25. The molecule has 0 aromatic heterocycles. The van der Waals surface area contributed by atoms with Gasteiger partial charge in [0.15, 0.2) is 0 Å². The summed E-state index contributed by atoms with van der Waals surface area (Å²) >= 11 is 0. The lowest BCUT2D eigenvalue weighted by molar-refractivity contribution is -0.143. The Bertz CT molecular complexity index is 327. The maximum atomic E-state index is 11.6. The van der Waals surface area contributed by atoms with Gasteiger partial charge in [0.1, 0.15) is 5.54 Å². The molecular formula is C11H20N2O5. The fourth-order valence-corrected chi connectivity index (χ4v) is 1.08. The Hall–Kier alpha value is -1.79. The van der Waals surface area contributed by atoms with Crippen LogP contribution in [0.3, 0.4) is 0 Å². The molecule has 0 radical (unpaired) electrons. The predicted molar refractivity (Wildman–Crippen MR) is 64.1 cm³/mol. The van der Waals surface area contributed by atoms with Crippen molar-refractivity contribution < 1.29 is 24.2 Å². The van der Waals surface area contributed by atoms with Gasteiger partial charge in [-0.1, -0.05) is 0 Å². The normalized spacial score (nSPS) is 10.7. The summed E-state index contributed by atoms with van der Waals surface area (Å²) in [6.45, 7) is 3.14. The van der Waals surface area contributed by atoms with Crippen LogP contribution in [0.2, 0.25) is 0 Å². The van der Waals surface area contributed by atoms with Crippen LogP contribution in [0.1, 0.15) is 26.7 Å². The van der Waals surface area contributed by atoms with Crippen LogP contribution in [-0.4, -0.2) is 54.2 Å². The van der Waals surface area contributed by atoms with Gasteiger partial charge >= 0.3 is 18.0 Å². The molecular weight excluding hydrogens is 240 g/mol. The molecule has 18 heavy (non-hydrogen) atoms. The highest BCUT2D eigenvalue weighted by molar-refractivity contribution is 5.85. The van der Waals surface area contributed by atoms with Gasteiger partial charge in [-0.15, -0.1) is 0 Å². The zero-order valence-electron chi connectivity index (χ0n) is 11.1. The summed E-state index contributed by atoms with van der Waals surface area (Å²) in [5, 5.41) is 11.2. The molecule has 0 aliphatic carbocycles. The third-order valence-electron chi connectivity index (χ3n) is 2.40. The number of nitrogens with zero attached hydrogens (tertiary/aromatic N) is 1. The van der Waals surface area contributed by atoms with Crippen LogP contribution in [0.4, 0.5) is 4.79 Å². The van der Waals surface area contributed by atoms with Crippen molar-refractivity contribution >= 4 is 18.0 Å². The molecule has 0 aromatic rings. The number of hydrogen-bond donors (Lipinski definition) is 2. The monoisotopic (exact) mass is 260 g/mol. The first kappa shape index (κ1) is 16.2. The smallest absolute Gasteiger partial charge is 0.328 e. The van der Waals surface area contributed by atoms with E-state index in [4.69, 9.17) is 5.11 Å². The third-order valence-corrected chi connectivity index (χ3v) is 2.40. The minimum Gasteiger partial charge on any atom is -0.480 e. The largest absolute Gasteiger partial charge is 0.480 e. The number of methoxy groups -OCH3 is 1. The van der Waals surface area contributed by atoms with Crippen LogP contribution < -0.4 is 5.32 Å². The Morgan fingerprint density at radius 2 is 1.89 bits per heavy atom. The van der Waals surface area contributed by atoms with Gasteiger partial charge in [0.2, 0.25) is 0 Å². The summed E-state index contributed by atoms with van der Waals surface area (Å²) in [6, 6.07) is -0.493. The standard InChI is InChI=1S/C11H20N2O5/c1-11(2,9(15)16)12-10(17)13(3)7-5-6-8(14)18-4/h5-7H2,1-4H3,(H,12,17)(H,15,16). The molecule has 104 valence electrons. The lowest BCUT2D eigenvalue weighted by atomic mass is 10.1. The van der Waals surface area contributed by atoms with Crippen molar-refractivity contribution in [3.8, 4) is 0 Å². The first-order valence-corrected chi connectivity index (χ1v) is 5.54. The molecule has 0 unspecified atom stereocenters. The fraction of sp³-hybridized carbons (Fsp3) is 0.727. The highest BCUT2D eigenvalue weighted by atomic mass is 16.5. The van der Waals surface area contributed by atoms with Gasteiger partial charge < -0.3 is 20.1 Å². The maximum Gasteiger partial charge on any atom is 0.328 e. The van der Waals surface area contributed by atoms with E-state index < -0.39 is 17.5 Å². The van der Waals surface area contributed by atoms with Crippen LogP contribution in [0.15, 0.2) is 0 Å². The second-order valence-corrected chi connectivity index (χ2v) is 4.46. The summed E-state index contributed by atoms with van der Waals surface area (Å²) in [4.78, 5) is 34.7. The molecule has 0 heterocycles. The topological polar surface area (TPSA) is 95.9 Å². The predicted octanol–water partition coefficient (Wildman–Crippen LogP) is 0.444. The van der Waals surface area contributed by atoms with Crippen LogP contribution in [0.25, 0.3) is 0 Å². The molecule has 2 N–H and O–H groups in total. The van der Waals surface area contributed by atoms with Crippen LogP contribution in [-0.2, 0) is 14.3 Å². The SMILES string of the molecule is COC(=O)CCCN(C)C(=O)NC(C)(C)C(=O)O. The second kappa shape index (κ2) is 6.83. The number of aliphatic carboxylic acids is 1. The van der Waals surface area contributed by atoms with E-state index in [1.165, 1.54) is 32.9 Å². The van der Waals surface area contributed by atoms with Crippen molar-refractivity contribution in [3.63, 3.8) is 0 Å². The summed E-state index contributed by atoms with van der Waals surface area (Å²) in [5.41, 5.74) is -1.33. The molecule has 0 atom stereocenters. The Morgan fingerprint density at radius 3 is 2.33 bits per heavy atom. The maximum absolute atomic E-state index is 11.6. The molecule has 7 heteroatoms. The highest BCUT2D eigenvalue weighted by Crippen LogP contribution is 2.03. The van der Waals surface area contributed by atoms with Gasteiger partial charge in [-0.3, -0.25) is 4.79 Å². The van der Waals surface area contributed by atoms with E-state index in [9.17, 15) is 14.4 Å². The molecule has 0 saturated heterocycles. The molecule has 0 aliphatic rings. The van der Waals surface area contributed by atoms with Crippen molar-refractivity contribution in [2.75, 3.05) is 20.7 Å². The Kier molecular flexibility index (Phi) is 6.15. The number of ether oxygens (including phenoxy) is 1. The number of amides is 2. The second-order valence-electron chi connectivity index (χ2n) is 4.46. The molecule has 2 amide bonds. The molecule has 0 bridgehead atoms. The fourth-order valence-electron chi connectivity index (χ4n) is 1.08. The molecule has 0 fully saturated rings. The molecule has 0 rings (SSSR count). The van der Waals surface area contributed by atoms with Gasteiger partial charge in [-0.25, -0.2) is 9.59 Å². The van der Waals surface area contributed by atoms with Crippen molar-refractivity contribution in [1.82, 2.24) is 10.2 Å². The Labute approximate surface area is 106 Å². The number of carboxylic acids is 1. The number of nitrogens with one attached hydrogen (secondary N) is 1. The van der Waals surface area contributed by atoms with Crippen LogP contribution >= 0.6 is 0 Å². The third kappa shape index (κ3) is 5.51. The average molecular weight is 260 g/mol. The molecule has 0 aromatic carbocycles. The van der Waals surface area contributed by atoms with E-state index in [0.717, 1.165) is 0 Å². The zero-order chi connectivity index (χ0) is 14.3. The van der Waals surface area contributed by atoms with Crippen LogP contribution in [0.5, 0.6) is 0 Å².